The summed E-state index contributed by atoms with van der Waals surface area (Å²) in [5, 5.41) is 11.8. The highest BCUT2D eigenvalue weighted by Crippen LogP contribution is 2.29. The molecule has 15 heavy (non-hydrogen) atoms. The van der Waals surface area contributed by atoms with E-state index in [4.69, 9.17) is 5.11 Å². The molecule has 0 aromatic carbocycles. The number of aromatic nitrogens is 2. The van der Waals surface area contributed by atoms with Gasteiger partial charge in [-0.1, -0.05) is 0 Å². The third-order valence-corrected chi connectivity index (χ3v) is 2.62. The van der Waals surface area contributed by atoms with Crippen molar-refractivity contribution in [2.75, 3.05) is 5.32 Å². The molecule has 1 heterocycles. The van der Waals surface area contributed by atoms with Gasteiger partial charge in [-0.15, -0.1) is 0 Å². The van der Waals surface area contributed by atoms with Gasteiger partial charge in [-0.25, -0.2) is 9.97 Å². The Morgan fingerprint density at radius 3 is 2.93 bits per heavy atom. The van der Waals surface area contributed by atoms with Crippen molar-refractivity contribution in [1.82, 2.24) is 9.97 Å². The lowest BCUT2D eigenvalue weighted by atomic mass is 9.80. The molecule has 0 spiro atoms. The molecule has 0 aliphatic heterocycles. The van der Waals surface area contributed by atoms with Crippen LogP contribution in [0.5, 0.6) is 0 Å². The first kappa shape index (κ1) is 9.89. The first-order chi connectivity index (χ1) is 7.15. The summed E-state index contributed by atoms with van der Waals surface area (Å²) < 4.78 is 0. The van der Waals surface area contributed by atoms with E-state index in [0.717, 1.165) is 5.69 Å². The Kier molecular flexibility index (Phi) is 2.53. The molecule has 5 heteroatoms. The second kappa shape index (κ2) is 3.84. The highest BCUT2D eigenvalue weighted by Gasteiger charge is 2.34. The topological polar surface area (TPSA) is 75.1 Å². The first-order valence-corrected chi connectivity index (χ1v) is 4.94. The van der Waals surface area contributed by atoms with Crippen molar-refractivity contribution in [2.45, 2.75) is 25.8 Å². The molecule has 0 atom stereocenters. The highest BCUT2D eigenvalue weighted by molar-refractivity contribution is 5.71. The smallest absolute Gasteiger partial charge is 0.306 e. The van der Waals surface area contributed by atoms with Crippen LogP contribution in [0.2, 0.25) is 0 Å². The minimum atomic E-state index is -0.710. The number of aliphatic carboxylic acids is 1. The van der Waals surface area contributed by atoms with E-state index in [-0.39, 0.29) is 12.0 Å². The van der Waals surface area contributed by atoms with Gasteiger partial charge in [0.2, 0.25) is 5.95 Å². The Morgan fingerprint density at radius 1 is 1.60 bits per heavy atom. The van der Waals surface area contributed by atoms with Crippen molar-refractivity contribution < 1.29 is 9.90 Å². The lowest BCUT2D eigenvalue weighted by Crippen LogP contribution is -2.39. The van der Waals surface area contributed by atoms with Crippen LogP contribution in [0.4, 0.5) is 5.95 Å². The molecular formula is C10H13N3O2. The summed E-state index contributed by atoms with van der Waals surface area (Å²) in [6.45, 7) is 1.90. The standard InChI is InChI=1S/C10H13N3O2/c1-6-2-3-11-10(12-6)13-8-4-7(5-8)9(14)15/h2-3,7-8H,4-5H2,1H3,(H,14,15)(H,11,12,13). The SMILES string of the molecule is Cc1ccnc(NC2CC(C(=O)O)C2)n1. The molecule has 1 saturated carbocycles. The summed E-state index contributed by atoms with van der Waals surface area (Å²) in [4.78, 5) is 18.8. The summed E-state index contributed by atoms with van der Waals surface area (Å²) in [7, 11) is 0. The number of anilines is 1. The van der Waals surface area contributed by atoms with Gasteiger partial charge in [0.15, 0.2) is 0 Å². The van der Waals surface area contributed by atoms with Crippen LogP contribution < -0.4 is 5.32 Å². The molecule has 1 aromatic rings. The zero-order valence-corrected chi connectivity index (χ0v) is 8.47. The number of hydrogen-bond donors (Lipinski definition) is 2. The lowest BCUT2D eigenvalue weighted by molar-refractivity contribution is -0.144. The van der Waals surface area contributed by atoms with Gasteiger partial charge >= 0.3 is 5.97 Å². The van der Waals surface area contributed by atoms with Gasteiger partial charge in [-0.05, 0) is 25.8 Å². The van der Waals surface area contributed by atoms with Crippen LogP contribution in [-0.4, -0.2) is 27.1 Å². The molecular weight excluding hydrogens is 194 g/mol. The maximum Gasteiger partial charge on any atom is 0.306 e. The second-order valence-corrected chi connectivity index (χ2v) is 3.87. The van der Waals surface area contributed by atoms with E-state index in [1.165, 1.54) is 0 Å². The van der Waals surface area contributed by atoms with E-state index in [1.54, 1.807) is 6.20 Å². The molecule has 0 bridgehead atoms. The molecule has 1 aromatic heterocycles. The summed E-state index contributed by atoms with van der Waals surface area (Å²) in [6.07, 6.45) is 3.01. The third kappa shape index (κ3) is 2.23. The largest absolute Gasteiger partial charge is 0.481 e. The van der Waals surface area contributed by atoms with Crippen LogP contribution in [0.1, 0.15) is 18.5 Å². The highest BCUT2D eigenvalue weighted by atomic mass is 16.4. The minimum Gasteiger partial charge on any atom is -0.481 e. The van der Waals surface area contributed by atoms with Crippen LogP contribution in [0.15, 0.2) is 12.3 Å². The summed E-state index contributed by atoms with van der Waals surface area (Å²) in [6, 6.07) is 2.03. The lowest BCUT2D eigenvalue weighted by Gasteiger charge is -2.32. The van der Waals surface area contributed by atoms with Gasteiger partial charge in [0.25, 0.3) is 0 Å². The van der Waals surface area contributed by atoms with Crippen LogP contribution in [0.3, 0.4) is 0 Å². The van der Waals surface area contributed by atoms with Gasteiger partial charge < -0.3 is 10.4 Å². The second-order valence-electron chi connectivity index (χ2n) is 3.87. The van der Waals surface area contributed by atoms with E-state index >= 15 is 0 Å². The molecule has 2 N–H and O–H groups in total. The van der Waals surface area contributed by atoms with E-state index in [0.29, 0.717) is 18.8 Å². The maximum absolute atomic E-state index is 10.6. The zero-order chi connectivity index (χ0) is 10.8. The maximum atomic E-state index is 10.6. The zero-order valence-electron chi connectivity index (χ0n) is 8.47. The van der Waals surface area contributed by atoms with Crippen molar-refractivity contribution in [3.8, 4) is 0 Å². The average Bonchev–Trinajstić information content (AvgIpc) is 2.10. The number of carboxylic acid groups (broad SMARTS) is 1. The Hall–Kier alpha value is -1.65. The van der Waals surface area contributed by atoms with E-state index in [2.05, 4.69) is 15.3 Å². The Balaban J connectivity index is 1.87. The van der Waals surface area contributed by atoms with Gasteiger partial charge in [0.05, 0.1) is 5.92 Å². The first-order valence-electron chi connectivity index (χ1n) is 4.94. The summed E-state index contributed by atoms with van der Waals surface area (Å²) in [5.74, 6) is -0.325. The molecule has 0 amide bonds. The molecule has 0 radical (unpaired) electrons. The fourth-order valence-corrected chi connectivity index (χ4v) is 1.64. The van der Waals surface area contributed by atoms with Crippen molar-refractivity contribution in [3.05, 3.63) is 18.0 Å². The monoisotopic (exact) mass is 207 g/mol. The molecule has 0 saturated heterocycles. The van der Waals surface area contributed by atoms with E-state index in [1.807, 2.05) is 13.0 Å². The van der Waals surface area contributed by atoms with Crippen LogP contribution >= 0.6 is 0 Å². The average molecular weight is 207 g/mol. The number of nitrogens with zero attached hydrogens (tertiary/aromatic N) is 2. The van der Waals surface area contributed by atoms with Gasteiger partial charge in [0.1, 0.15) is 0 Å². The fourth-order valence-electron chi connectivity index (χ4n) is 1.64. The molecule has 2 rings (SSSR count). The quantitative estimate of drug-likeness (QED) is 0.775. The minimum absolute atomic E-state index is 0.202. The summed E-state index contributed by atoms with van der Waals surface area (Å²) >= 11 is 0. The van der Waals surface area contributed by atoms with Gasteiger partial charge in [-0.3, -0.25) is 4.79 Å². The molecule has 1 aliphatic rings. The van der Waals surface area contributed by atoms with Crippen molar-refractivity contribution in [3.63, 3.8) is 0 Å². The van der Waals surface area contributed by atoms with Crippen molar-refractivity contribution in [1.29, 1.82) is 0 Å². The number of carbonyl (C=O) groups is 1. The van der Waals surface area contributed by atoms with E-state index in [9.17, 15) is 4.79 Å². The molecule has 1 fully saturated rings. The molecule has 80 valence electrons. The number of hydrogen-bond acceptors (Lipinski definition) is 4. The van der Waals surface area contributed by atoms with Crippen molar-refractivity contribution in [2.24, 2.45) is 5.92 Å². The van der Waals surface area contributed by atoms with Crippen LogP contribution in [0.25, 0.3) is 0 Å². The number of rotatable bonds is 3. The Labute approximate surface area is 87.6 Å². The van der Waals surface area contributed by atoms with Gasteiger partial charge in [-0.2, -0.15) is 0 Å². The van der Waals surface area contributed by atoms with Crippen molar-refractivity contribution >= 4 is 11.9 Å². The van der Waals surface area contributed by atoms with E-state index < -0.39 is 5.97 Å². The predicted octanol–water partition coefficient (Wildman–Crippen LogP) is 1.06. The normalized spacial score (nSPS) is 24.3. The third-order valence-electron chi connectivity index (χ3n) is 2.62. The van der Waals surface area contributed by atoms with Crippen LogP contribution in [-0.2, 0) is 4.79 Å². The molecule has 0 unspecified atom stereocenters. The van der Waals surface area contributed by atoms with Crippen LogP contribution in [0, 0.1) is 12.8 Å². The Bertz CT molecular complexity index is 375. The number of carboxylic acids is 1. The number of nitrogens with one attached hydrogen (secondary N) is 1. The van der Waals surface area contributed by atoms with Gasteiger partial charge in [0, 0.05) is 17.9 Å². The Morgan fingerprint density at radius 2 is 2.33 bits per heavy atom. The molecule has 5 nitrogen and oxygen atoms in total. The predicted molar refractivity (Wildman–Crippen MR) is 54.5 cm³/mol. The fraction of sp³-hybridized carbons (Fsp3) is 0.500. The summed E-state index contributed by atoms with van der Waals surface area (Å²) in [5.41, 5.74) is 0.904. The number of aryl methyl sites for hydroxylation is 1. The molecule has 1 aliphatic carbocycles.